The molecule has 0 aliphatic rings. The number of hydrogen-bond donors (Lipinski definition) is 2. The highest BCUT2D eigenvalue weighted by Crippen LogP contribution is 2.14. The van der Waals surface area contributed by atoms with Gasteiger partial charge in [-0.3, -0.25) is 5.32 Å². The lowest BCUT2D eigenvalue weighted by Crippen LogP contribution is -2.27. The van der Waals surface area contributed by atoms with Gasteiger partial charge in [0.05, 0.1) is 18.1 Å². The fourth-order valence-electron chi connectivity index (χ4n) is 2.28. The fourth-order valence-corrected chi connectivity index (χ4v) is 2.28. The third-order valence-electron chi connectivity index (χ3n) is 3.47. The molecule has 2 heterocycles. The number of pyridine rings is 1. The van der Waals surface area contributed by atoms with Crippen molar-refractivity contribution in [3.05, 3.63) is 60.6 Å². The van der Waals surface area contributed by atoms with Gasteiger partial charge in [0.15, 0.2) is 0 Å². The Morgan fingerprint density at radius 2 is 1.78 bits per heavy atom. The number of ether oxygens (including phenoxy) is 1. The second-order valence-electron chi connectivity index (χ2n) is 6.90. The molecule has 8 nitrogen and oxygen atoms in total. The number of carbonyl (C=O) groups is 1. The number of amides is 1. The van der Waals surface area contributed by atoms with Gasteiger partial charge in [0.25, 0.3) is 0 Å². The Morgan fingerprint density at radius 1 is 1.07 bits per heavy atom. The highest BCUT2D eigenvalue weighted by atomic mass is 16.6. The van der Waals surface area contributed by atoms with Crippen LogP contribution in [0.5, 0.6) is 0 Å². The number of nitrogens with zero attached hydrogens (tertiary/aromatic N) is 4. The van der Waals surface area contributed by atoms with Crippen LogP contribution in [0.3, 0.4) is 0 Å². The molecule has 2 N–H and O–H groups in total. The minimum Gasteiger partial charge on any atom is -0.444 e. The van der Waals surface area contributed by atoms with E-state index in [0.717, 1.165) is 16.9 Å². The van der Waals surface area contributed by atoms with Gasteiger partial charge in [0.1, 0.15) is 11.4 Å². The lowest BCUT2D eigenvalue weighted by Gasteiger charge is -2.19. The summed E-state index contributed by atoms with van der Waals surface area (Å²) in [6.45, 7) is 6.05. The Kier molecular flexibility index (Phi) is 5.35. The molecule has 0 radical (unpaired) electrons. The van der Waals surface area contributed by atoms with E-state index >= 15 is 0 Å². The summed E-state index contributed by atoms with van der Waals surface area (Å²) < 4.78 is 5.20. The number of carbonyl (C=O) groups excluding carboxylic acids is 1. The highest BCUT2D eigenvalue weighted by Gasteiger charge is 2.16. The van der Waals surface area contributed by atoms with Crippen molar-refractivity contribution in [1.82, 2.24) is 20.0 Å². The number of aromatic nitrogens is 4. The van der Waals surface area contributed by atoms with Crippen molar-refractivity contribution in [2.45, 2.75) is 32.9 Å². The first kappa shape index (κ1) is 18.4. The molecule has 0 fully saturated rings. The first-order valence-corrected chi connectivity index (χ1v) is 8.55. The number of hydrogen-bond acceptors (Lipinski definition) is 6. The molecule has 1 aromatic carbocycles. The van der Waals surface area contributed by atoms with E-state index in [1.165, 1.54) is 0 Å². The van der Waals surface area contributed by atoms with Crippen LogP contribution in [-0.2, 0) is 11.3 Å². The Balaban J connectivity index is 1.52. The van der Waals surface area contributed by atoms with E-state index in [-0.39, 0.29) is 0 Å². The zero-order chi connectivity index (χ0) is 19.3. The Hall–Kier alpha value is -3.42. The van der Waals surface area contributed by atoms with Gasteiger partial charge in [-0.1, -0.05) is 6.07 Å². The Bertz CT molecular complexity index is 868. The molecular weight excluding hydrogens is 344 g/mol. The van der Waals surface area contributed by atoms with Crippen LogP contribution in [0.25, 0.3) is 5.69 Å². The van der Waals surface area contributed by atoms with Crippen LogP contribution in [0.4, 0.5) is 16.3 Å². The van der Waals surface area contributed by atoms with Crippen molar-refractivity contribution in [2.24, 2.45) is 0 Å². The maximum Gasteiger partial charge on any atom is 0.413 e. The summed E-state index contributed by atoms with van der Waals surface area (Å²) in [5.74, 6) is 0.448. The van der Waals surface area contributed by atoms with E-state index in [0.29, 0.717) is 12.4 Å². The average Bonchev–Trinajstić information content (AvgIpc) is 3.14. The molecule has 0 spiro atoms. The summed E-state index contributed by atoms with van der Waals surface area (Å²) in [6, 6.07) is 11.4. The van der Waals surface area contributed by atoms with Gasteiger partial charge in [0, 0.05) is 18.4 Å². The SMILES string of the molecule is CC(C)(C)OC(=O)Nc1ccc(CNc2ccc(-n3nccn3)cc2)cn1. The smallest absolute Gasteiger partial charge is 0.413 e. The van der Waals surface area contributed by atoms with Crippen molar-refractivity contribution in [3.8, 4) is 5.69 Å². The summed E-state index contributed by atoms with van der Waals surface area (Å²) in [5.41, 5.74) is 2.31. The molecule has 140 valence electrons. The first-order chi connectivity index (χ1) is 12.9. The van der Waals surface area contributed by atoms with Gasteiger partial charge in [-0.15, -0.1) is 0 Å². The maximum atomic E-state index is 11.7. The highest BCUT2D eigenvalue weighted by molar-refractivity contribution is 5.83. The molecular formula is C19H22N6O2. The summed E-state index contributed by atoms with van der Waals surface area (Å²) in [5, 5.41) is 14.1. The minimum atomic E-state index is -0.545. The van der Waals surface area contributed by atoms with Gasteiger partial charge in [-0.25, -0.2) is 9.78 Å². The van der Waals surface area contributed by atoms with Gasteiger partial charge >= 0.3 is 6.09 Å². The molecule has 3 rings (SSSR count). The van der Waals surface area contributed by atoms with Crippen LogP contribution in [-0.4, -0.2) is 31.7 Å². The molecule has 0 unspecified atom stereocenters. The molecule has 3 aromatic rings. The van der Waals surface area contributed by atoms with Crippen molar-refractivity contribution in [3.63, 3.8) is 0 Å². The van der Waals surface area contributed by atoms with Crippen LogP contribution in [0.1, 0.15) is 26.3 Å². The van der Waals surface area contributed by atoms with E-state index in [1.54, 1.807) is 29.5 Å². The van der Waals surface area contributed by atoms with Crippen LogP contribution < -0.4 is 10.6 Å². The quantitative estimate of drug-likeness (QED) is 0.716. The Morgan fingerprint density at radius 3 is 2.37 bits per heavy atom. The molecule has 0 saturated heterocycles. The summed E-state index contributed by atoms with van der Waals surface area (Å²) in [6.07, 6.45) is 4.47. The lowest BCUT2D eigenvalue weighted by atomic mass is 10.2. The third-order valence-corrected chi connectivity index (χ3v) is 3.47. The van der Waals surface area contributed by atoms with Gasteiger partial charge in [-0.2, -0.15) is 15.0 Å². The topological polar surface area (TPSA) is 94.0 Å². The Labute approximate surface area is 157 Å². The van der Waals surface area contributed by atoms with E-state index in [2.05, 4.69) is 25.8 Å². The average molecular weight is 366 g/mol. The molecule has 1 amide bonds. The zero-order valence-electron chi connectivity index (χ0n) is 15.5. The molecule has 0 aliphatic carbocycles. The molecule has 8 heteroatoms. The second-order valence-corrected chi connectivity index (χ2v) is 6.90. The fraction of sp³-hybridized carbons (Fsp3) is 0.263. The summed E-state index contributed by atoms with van der Waals surface area (Å²) in [7, 11) is 0. The van der Waals surface area contributed by atoms with E-state index < -0.39 is 11.7 Å². The lowest BCUT2D eigenvalue weighted by molar-refractivity contribution is 0.0635. The predicted molar refractivity (Wildman–Crippen MR) is 103 cm³/mol. The number of anilines is 2. The maximum absolute atomic E-state index is 11.7. The summed E-state index contributed by atoms with van der Waals surface area (Å²) >= 11 is 0. The molecule has 0 aliphatic heterocycles. The van der Waals surface area contributed by atoms with Crippen LogP contribution in [0, 0.1) is 0 Å². The van der Waals surface area contributed by atoms with Crippen LogP contribution in [0.15, 0.2) is 55.0 Å². The monoisotopic (exact) mass is 366 g/mol. The van der Waals surface area contributed by atoms with E-state index in [4.69, 9.17) is 4.74 Å². The minimum absolute atomic E-state index is 0.448. The van der Waals surface area contributed by atoms with Gasteiger partial charge < -0.3 is 10.1 Å². The first-order valence-electron chi connectivity index (χ1n) is 8.55. The van der Waals surface area contributed by atoms with Crippen LogP contribution >= 0.6 is 0 Å². The zero-order valence-corrected chi connectivity index (χ0v) is 15.5. The van der Waals surface area contributed by atoms with Gasteiger partial charge in [0.2, 0.25) is 0 Å². The third kappa shape index (κ3) is 5.53. The van der Waals surface area contributed by atoms with E-state index in [1.807, 2.05) is 51.1 Å². The second kappa shape index (κ2) is 7.86. The number of nitrogens with one attached hydrogen (secondary N) is 2. The molecule has 0 bridgehead atoms. The normalized spacial score (nSPS) is 11.1. The van der Waals surface area contributed by atoms with Crippen molar-refractivity contribution >= 4 is 17.6 Å². The standard InChI is InChI=1S/C19H22N6O2/c1-19(2,3)27-18(26)24-17-9-4-14(13-21-17)12-20-15-5-7-16(8-6-15)25-22-10-11-23-25/h4-11,13,20H,12H2,1-3H3,(H,21,24,26). The largest absolute Gasteiger partial charge is 0.444 e. The van der Waals surface area contributed by atoms with Crippen LogP contribution in [0.2, 0.25) is 0 Å². The van der Waals surface area contributed by atoms with E-state index in [9.17, 15) is 4.79 Å². The molecule has 2 aromatic heterocycles. The van der Waals surface area contributed by atoms with Gasteiger partial charge in [-0.05, 0) is 56.7 Å². The number of benzene rings is 1. The summed E-state index contributed by atoms with van der Waals surface area (Å²) in [4.78, 5) is 17.5. The van der Waals surface area contributed by atoms with Crippen molar-refractivity contribution in [1.29, 1.82) is 0 Å². The number of rotatable bonds is 5. The van der Waals surface area contributed by atoms with Crippen molar-refractivity contribution in [2.75, 3.05) is 10.6 Å². The molecule has 0 atom stereocenters. The molecule has 27 heavy (non-hydrogen) atoms. The van der Waals surface area contributed by atoms with Crippen molar-refractivity contribution < 1.29 is 9.53 Å². The predicted octanol–water partition coefficient (Wildman–Crippen LogP) is 3.62. The molecule has 0 saturated carbocycles.